The van der Waals surface area contributed by atoms with E-state index in [1.54, 1.807) is 0 Å². The fraction of sp³-hybridized carbons (Fsp3) is 0.750. The van der Waals surface area contributed by atoms with Gasteiger partial charge in [0.2, 0.25) is 11.1 Å². The van der Waals surface area contributed by atoms with Gasteiger partial charge in [-0.3, -0.25) is 0 Å². The van der Waals surface area contributed by atoms with Gasteiger partial charge >= 0.3 is 0 Å². The van der Waals surface area contributed by atoms with Crippen LogP contribution in [-0.2, 0) is 0 Å². The molecule has 0 saturated carbocycles. The van der Waals surface area contributed by atoms with E-state index in [4.69, 9.17) is 5.73 Å². The Labute approximate surface area is 92.1 Å². The second-order valence-electron chi connectivity index (χ2n) is 3.28. The molecule has 1 unspecified atom stereocenters. The van der Waals surface area contributed by atoms with Crippen LogP contribution in [0.5, 0.6) is 0 Å². The Hall–Kier alpha value is -0.490. The van der Waals surface area contributed by atoms with E-state index in [2.05, 4.69) is 32.9 Å². The van der Waals surface area contributed by atoms with Gasteiger partial charge < -0.3 is 10.6 Å². The topological polar surface area (TPSA) is 55.0 Å². The molecule has 0 bridgehead atoms. The summed E-state index contributed by atoms with van der Waals surface area (Å²) in [6.45, 7) is 4.38. The highest BCUT2D eigenvalue weighted by atomic mass is 32.2. The maximum Gasteiger partial charge on any atom is 0.233 e. The molecule has 1 fully saturated rings. The lowest BCUT2D eigenvalue weighted by atomic mass is 10.3. The summed E-state index contributed by atoms with van der Waals surface area (Å²) in [7, 11) is 0. The monoisotopic (exact) mass is 230 g/mol. The van der Waals surface area contributed by atoms with Gasteiger partial charge in [-0.25, -0.2) is 0 Å². The Morgan fingerprint density at radius 3 is 3.14 bits per heavy atom. The Morgan fingerprint density at radius 2 is 2.50 bits per heavy atom. The van der Waals surface area contributed by atoms with Crippen molar-refractivity contribution in [3.63, 3.8) is 0 Å². The van der Waals surface area contributed by atoms with Crippen LogP contribution in [0.25, 0.3) is 0 Å². The molecule has 0 radical (unpaired) electrons. The van der Waals surface area contributed by atoms with Gasteiger partial charge in [-0.1, -0.05) is 6.92 Å². The molecule has 1 aromatic heterocycles. The zero-order chi connectivity index (χ0) is 9.97. The number of thioether (sulfide) groups is 1. The molecule has 78 valence electrons. The van der Waals surface area contributed by atoms with Crippen LogP contribution in [0.2, 0.25) is 0 Å². The van der Waals surface area contributed by atoms with Crippen LogP contribution in [0.1, 0.15) is 13.3 Å². The molecule has 0 aromatic carbocycles. The fourth-order valence-corrected chi connectivity index (χ4v) is 3.31. The molecule has 1 aromatic rings. The Bertz CT molecular complexity index is 301. The average molecular weight is 230 g/mol. The molecule has 1 aliphatic heterocycles. The van der Waals surface area contributed by atoms with E-state index >= 15 is 0 Å². The third kappa shape index (κ3) is 2.12. The average Bonchev–Trinajstić information content (AvgIpc) is 2.65. The van der Waals surface area contributed by atoms with Gasteiger partial charge in [0.05, 0.1) is 0 Å². The zero-order valence-electron chi connectivity index (χ0n) is 8.14. The molecule has 0 spiro atoms. The molecule has 4 nitrogen and oxygen atoms in total. The van der Waals surface area contributed by atoms with E-state index in [1.807, 2.05) is 0 Å². The standard InChI is InChI=1S/C8H14N4S2/c1-2-6-5-12(3-4-13-6)8-10-7(9)11-14-8/h6H,2-5H2,1H3,(H2,9,11). The number of aromatic nitrogens is 2. The first-order chi connectivity index (χ1) is 6.79. The highest BCUT2D eigenvalue weighted by molar-refractivity contribution is 8.00. The van der Waals surface area contributed by atoms with Crippen LogP contribution < -0.4 is 10.6 Å². The van der Waals surface area contributed by atoms with Crippen molar-refractivity contribution in [2.24, 2.45) is 0 Å². The summed E-state index contributed by atoms with van der Waals surface area (Å²) in [6.07, 6.45) is 1.22. The van der Waals surface area contributed by atoms with E-state index in [1.165, 1.54) is 23.7 Å². The van der Waals surface area contributed by atoms with Gasteiger partial charge in [0, 0.05) is 35.6 Å². The van der Waals surface area contributed by atoms with Gasteiger partial charge in [0.1, 0.15) is 0 Å². The number of nitrogens with zero attached hydrogens (tertiary/aromatic N) is 3. The quantitative estimate of drug-likeness (QED) is 0.833. The van der Waals surface area contributed by atoms with Crippen molar-refractivity contribution in [1.29, 1.82) is 0 Å². The number of anilines is 2. The van der Waals surface area contributed by atoms with Crippen LogP contribution in [0, 0.1) is 0 Å². The van der Waals surface area contributed by atoms with E-state index in [-0.39, 0.29) is 0 Å². The lowest BCUT2D eigenvalue weighted by Crippen LogP contribution is -2.37. The molecule has 2 N–H and O–H groups in total. The molecular weight excluding hydrogens is 216 g/mol. The van der Waals surface area contributed by atoms with Gasteiger partial charge in [-0.15, -0.1) is 0 Å². The van der Waals surface area contributed by atoms with E-state index in [0.29, 0.717) is 5.95 Å². The first-order valence-corrected chi connectivity index (χ1v) is 6.57. The molecule has 0 amide bonds. The van der Waals surface area contributed by atoms with Crippen LogP contribution in [0.4, 0.5) is 11.1 Å². The van der Waals surface area contributed by atoms with Gasteiger partial charge in [0.25, 0.3) is 0 Å². The summed E-state index contributed by atoms with van der Waals surface area (Å²) in [4.78, 5) is 6.50. The van der Waals surface area contributed by atoms with Crippen molar-refractivity contribution < 1.29 is 0 Å². The smallest absolute Gasteiger partial charge is 0.233 e. The lowest BCUT2D eigenvalue weighted by molar-refractivity contribution is 0.726. The van der Waals surface area contributed by atoms with Crippen LogP contribution >= 0.6 is 23.3 Å². The molecule has 1 aliphatic rings. The molecule has 2 rings (SSSR count). The first kappa shape index (κ1) is 10.0. The molecule has 2 heterocycles. The van der Waals surface area contributed by atoms with Crippen molar-refractivity contribution in [2.45, 2.75) is 18.6 Å². The summed E-state index contributed by atoms with van der Waals surface area (Å²) >= 11 is 3.45. The SMILES string of the molecule is CCC1CN(c2nc(N)ns2)CCS1. The third-order valence-corrected chi connectivity index (χ3v) is 4.46. The number of hydrogen-bond acceptors (Lipinski definition) is 6. The van der Waals surface area contributed by atoms with Crippen molar-refractivity contribution >= 4 is 34.4 Å². The molecule has 1 saturated heterocycles. The van der Waals surface area contributed by atoms with Gasteiger partial charge in [-0.05, 0) is 6.42 Å². The number of nitrogen functional groups attached to an aromatic ring is 1. The Kier molecular flexibility index (Phi) is 3.12. The number of hydrogen-bond donors (Lipinski definition) is 1. The molecular formula is C8H14N4S2. The minimum absolute atomic E-state index is 0.399. The zero-order valence-corrected chi connectivity index (χ0v) is 9.77. The highest BCUT2D eigenvalue weighted by Crippen LogP contribution is 2.26. The molecule has 0 aliphatic carbocycles. The summed E-state index contributed by atoms with van der Waals surface area (Å²) in [5.74, 6) is 1.58. The molecule has 1 atom stereocenters. The third-order valence-electron chi connectivity index (χ3n) is 2.30. The van der Waals surface area contributed by atoms with Gasteiger partial charge in [-0.2, -0.15) is 21.1 Å². The van der Waals surface area contributed by atoms with Crippen LogP contribution in [0.15, 0.2) is 0 Å². The van der Waals surface area contributed by atoms with E-state index in [9.17, 15) is 0 Å². The first-order valence-electron chi connectivity index (χ1n) is 4.75. The summed E-state index contributed by atoms with van der Waals surface area (Å²) in [6, 6.07) is 0. The second kappa shape index (κ2) is 4.35. The second-order valence-corrected chi connectivity index (χ2v) is 5.42. The summed E-state index contributed by atoms with van der Waals surface area (Å²) in [5, 5.41) is 1.70. The summed E-state index contributed by atoms with van der Waals surface area (Å²) < 4.78 is 4.00. The summed E-state index contributed by atoms with van der Waals surface area (Å²) in [5.41, 5.74) is 5.51. The van der Waals surface area contributed by atoms with Crippen molar-refractivity contribution in [3.8, 4) is 0 Å². The maximum absolute atomic E-state index is 5.51. The normalized spacial score (nSPS) is 22.6. The van der Waals surface area contributed by atoms with E-state index < -0.39 is 0 Å². The highest BCUT2D eigenvalue weighted by Gasteiger charge is 2.21. The van der Waals surface area contributed by atoms with Crippen molar-refractivity contribution in [3.05, 3.63) is 0 Å². The van der Waals surface area contributed by atoms with Crippen LogP contribution in [0.3, 0.4) is 0 Å². The predicted molar refractivity (Wildman–Crippen MR) is 63.1 cm³/mol. The predicted octanol–water partition coefficient (Wildman–Crippen LogP) is 1.45. The molecule has 14 heavy (non-hydrogen) atoms. The van der Waals surface area contributed by atoms with Crippen molar-refractivity contribution in [1.82, 2.24) is 9.36 Å². The largest absolute Gasteiger partial charge is 0.367 e. The van der Waals surface area contributed by atoms with Crippen molar-refractivity contribution in [2.75, 3.05) is 29.5 Å². The van der Waals surface area contributed by atoms with E-state index in [0.717, 1.165) is 23.5 Å². The fourth-order valence-electron chi connectivity index (χ4n) is 1.49. The minimum Gasteiger partial charge on any atom is -0.367 e. The lowest BCUT2D eigenvalue weighted by Gasteiger charge is -2.31. The number of nitrogens with two attached hydrogens (primary N) is 1. The van der Waals surface area contributed by atoms with Gasteiger partial charge in [0.15, 0.2) is 0 Å². The number of rotatable bonds is 2. The maximum atomic E-state index is 5.51. The molecule has 6 heteroatoms. The van der Waals surface area contributed by atoms with Crippen LogP contribution in [-0.4, -0.2) is 33.4 Å². The Morgan fingerprint density at radius 1 is 1.64 bits per heavy atom. The Balaban J connectivity index is 2.04. The minimum atomic E-state index is 0.399.